The first-order valence-corrected chi connectivity index (χ1v) is 8.51. The van der Waals surface area contributed by atoms with E-state index in [1.54, 1.807) is 0 Å². The first kappa shape index (κ1) is 20.1. The van der Waals surface area contributed by atoms with Crippen molar-refractivity contribution in [3.05, 3.63) is 29.8 Å². The Morgan fingerprint density at radius 1 is 1.00 bits per heavy atom. The summed E-state index contributed by atoms with van der Waals surface area (Å²) in [6.45, 7) is 8.59. The number of ketones is 1. The van der Waals surface area contributed by atoms with E-state index in [0.717, 1.165) is 5.69 Å². The van der Waals surface area contributed by atoms with Crippen LogP contribution >= 0.6 is 12.2 Å². The second kappa shape index (κ2) is 9.37. The van der Waals surface area contributed by atoms with E-state index in [4.69, 9.17) is 12.2 Å². The van der Waals surface area contributed by atoms with Crippen molar-refractivity contribution < 1.29 is 9.59 Å². The summed E-state index contributed by atoms with van der Waals surface area (Å²) in [6.07, 6.45) is 0.498. The number of thiocarbonyl (C=S) groups is 1. The van der Waals surface area contributed by atoms with Crippen LogP contribution in [0.5, 0.6) is 0 Å². The van der Waals surface area contributed by atoms with Gasteiger partial charge in [-0.1, -0.05) is 38.5 Å². The number of rotatable bonds is 7. The van der Waals surface area contributed by atoms with Crippen LogP contribution in [0, 0.1) is 12.3 Å². The van der Waals surface area contributed by atoms with Crippen LogP contribution in [0.3, 0.4) is 0 Å². The Morgan fingerprint density at radius 2 is 1.58 bits per heavy atom. The summed E-state index contributed by atoms with van der Waals surface area (Å²) in [7, 11) is 0. The maximum absolute atomic E-state index is 11.8. The fourth-order valence-electron chi connectivity index (χ4n) is 1.88. The number of carbonyl (C=O) groups excluding carboxylic acids is 2. The Morgan fingerprint density at radius 3 is 2.17 bits per heavy atom. The summed E-state index contributed by atoms with van der Waals surface area (Å²) < 4.78 is 0. The van der Waals surface area contributed by atoms with E-state index in [2.05, 4.69) is 16.0 Å². The van der Waals surface area contributed by atoms with E-state index in [1.807, 2.05) is 52.0 Å². The summed E-state index contributed by atoms with van der Waals surface area (Å²) >= 11 is 5.19. The molecule has 0 aliphatic heterocycles. The van der Waals surface area contributed by atoms with Gasteiger partial charge in [-0.05, 0) is 31.3 Å². The molecule has 1 rings (SSSR count). The first-order chi connectivity index (χ1) is 11.2. The highest BCUT2D eigenvalue weighted by Gasteiger charge is 2.21. The Balaban J connectivity index is 2.16. The topological polar surface area (TPSA) is 70.2 Å². The van der Waals surface area contributed by atoms with Gasteiger partial charge in [-0.15, -0.1) is 0 Å². The minimum Gasteiger partial charge on any atom is -0.361 e. The van der Waals surface area contributed by atoms with Gasteiger partial charge in [0.15, 0.2) is 5.11 Å². The van der Waals surface area contributed by atoms with Crippen LogP contribution in [-0.4, -0.2) is 29.9 Å². The van der Waals surface area contributed by atoms with Gasteiger partial charge in [-0.2, -0.15) is 0 Å². The molecule has 0 heterocycles. The van der Waals surface area contributed by atoms with Crippen molar-refractivity contribution in [1.29, 1.82) is 0 Å². The van der Waals surface area contributed by atoms with Gasteiger partial charge in [-0.25, -0.2) is 0 Å². The molecular formula is C18H27N3O2S. The zero-order valence-corrected chi connectivity index (χ0v) is 15.7. The Bertz CT molecular complexity index is 577. The van der Waals surface area contributed by atoms with Gasteiger partial charge in [0.05, 0.1) is 0 Å². The third-order valence-corrected chi connectivity index (χ3v) is 3.70. The highest BCUT2D eigenvalue weighted by Crippen LogP contribution is 2.17. The van der Waals surface area contributed by atoms with Crippen LogP contribution in [0.15, 0.2) is 24.3 Å². The van der Waals surface area contributed by atoms with Gasteiger partial charge < -0.3 is 16.0 Å². The fourth-order valence-corrected chi connectivity index (χ4v) is 2.10. The Hall–Kier alpha value is -1.95. The van der Waals surface area contributed by atoms with Gasteiger partial charge in [0.1, 0.15) is 5.78 Å². The number of hydrogen-bond donors (Lipinski definition) is 3. The molecule has 1 aromatic carbocycles. The maximum atomic E-state index is 11.8. The molecule has 0 radical (unpaired) electrons. The van der Waals surface area contributed by atoms with E-state index < -0.39 is 5.41 Å². The average Bonchev–Trinajstić information content (AvgIpc) is 2.50. The highest BCUT2D eigenvalue weighted by atomic mass is 32.1. The third kappa shape index (κ3) is 8.06. The van der Waals surface area contributed by atoms with E-state index in [0.29, 0.717) is 18.2 Å². The molecule has 5 nitrogen and oxygen atoms in total. The molecule has 0 aliphatic carbocycles. The highest BCUT2D eigenvalue weighted by molar-refractivity contribution is 7.80. The van der Waals surface area contributed by atoms with E-state index in [-0.39, 0.29) is 24.5 Å². The number of Topliss-reactive ketones (excluding diaryl/α,β-unsaturated/α-hetero) is 1. The fraction of sp³-hybridized carbons (Fsp3) is 0.500. The number of amides is 1. The van der Waals surface area contributed by atoms with Gasteiger partial charge in [0.2, 0.25) is 5.91 Å². The van der Waals surface area contributed by atoms with Crippen LogP contribution in [0.4, 0.5) is 5.69 Å². The summed E-state index contributed by atoms with van der Waals surface area (Å²) in [6, 6.07) is 7.92. The molecular weight excluding hydrogens is 322 g/mol. The van der Waals surface area contributed by atoms with Crippen LogP contribution in [-0.2, 0) is 9.59 Å². The number of benzene rings is 1. The van der Waals surface area contributed by atoms with E-state index in [9.17, 15) is 9.59 Å². The molecule has 0 saturated heterocycles. The molecule has 6 heteroatoms. The summed E-state index contributed by atoms with van der Waals surface area (Å²) in [5.74, 6) is -0.0222. The molecule has 0 spiro atoms. The second-order valence-corrected chi connectivity index (χ2v) is 7.18. The van der Waals surface area contributed by atoms with Crippen molar-refractivity contribution in [2.75, 3.05) is 18.4 Å². The number of aryl methyl sites for hydroxylation is 1. The van der Waals surface area contributed by atoms with Crippen LogP contribution in [0.25, 0.3) is 0 Å². The molecule has 0 fully saturated rings. The minimum absolute atomic E-state index is 0.0965. The monoisotopic (exact) mass is 349 g/mol. The molecule has 1 amide bonds. The van der Waals surface area contributed by atoms with E-state index in [1.165, 1.54) is 5.56 Å². The molecule has 3 N–H and O–H groups in total. The van der Waals surface area contributed by atoms with Crippen molar-refractivity contribution in [1.82, 2.24) is 10.6 Å². The molecule has 0 bridgehead atoms. The molecule has 24 heavy (non-hydrogen) atoms. The SMILES string of the molecule is Cc1ccc(NC(=S)NCCNC(=O)CCC(=O)C(C)(C)C)cc1. The van der Waals surface area contributed by atoms with Crippen molar-refractivity contribution in [3.63, 3.8) is 0 Å². The quantitative estimate of drug-likeness (QED) is 0.522. The van der Waals surface area contributed by atoms with E-state index >= 15 is 0 Å². The van der Waals surface area contributed by atoms with Crippen LogP contribution < -0.4 is 16.0 Å². The summed E-state index contributed by atoms with van der Waals surface area (Å²) in [5.41, 5.74) is 1.71. The lowest BCUT2D eigenvalue weighted by Crippen LogP contribution is -2.36. The van der Waals surface area contributed by atoms with Crippen molar-refractivity contribution in [2.45, 2.75) is 40.5 Å². The van der Waals surface area contributed by atoms with Gasteiger partial charge in [0, 0.05) is 37.0 Å². The lowest BCUT2D eigenvalue weighted by atomic mass is 9.88. The smallest absolute Gasteiger partial charge is 0.220 e. The second-order valence-electron chi connectivity index (χ2n) is 6.77. The standard InChI is InChI=1S/C18H27N3O2S/c1-13-5-7-14(8-6-13)21-17(24)20-12-11-19-16(23)10-9-15(22)18(2,3)4/h5-8H,9-12H2,1-4H3,(H,19,23)(H2,20,21,24). The van der Waals surface area contributed by atoms with Crippen molar-refractivity contribution >= 4 is 34.7 Å². The predicted molar refractivity (Wildman–Crippen MR) is 102 cm³/mol. The number of hydrogen-bond acceptors (Lipinski definition) is 3. The van der Waals surface area contributed by atoms with Gasteiger partial charge in [0.25, 0.3) is 0 Å². The number of carbonyl (C=O) groups is 2. The van der Waals surface area contributed by atoms with Crippen molar-refractivity contribution in [3.8, 4) is 0 Å². The maximum Gasteiger partial charge on any atom is 0.220 e. The summed E-state index contributed by atoms with van der Waals surface area (Å²) in [5, 5.41) is 9.39. The first-order valence-electron chi connectivity index (χ1n) is 8.10. The lowest BCUT2D eigenvalue weighted by Gasteiger charge is -2.16. The summed E-state index contributed by atoms with van der Waals surface area (Å²) in [4.78, 5) is 23.5. The molecule has 1 aromatic rings. The number of nitrogens with one attached hydrogen (secondary N) is 3. The Labute approximate surface area is 149 Å². The Kier molecular flexibility index (Phi) is 7.85. The third-order valence-electron chi connectivity index (χ3n) is 3.46. The van der Waals surface area contributed by atoms with Crippen molar-refractivity contribution in [2.24, 2.45) is 5.41 Å². The molecule has 0 unspecified atom stereocenters. The lowest BCUT2D eigenvalue weighted by molar-refractivity contribution is -0.129. The molecule has 0 saturated carbocycles. The average molecular weight is 350 g/mol. The van der Waals surface area contributed by atoms with Crippen LogP contribution in [0.2, 0.25) is 0 Å². The molecule has 132 valence electrons. The van der Waals surface area contributed by atoms with Gasteiger partial charge in [-0.3, -0.25) is 9.59 Å². The zero-order valence-electron chi connectivity index (χ0n) is 14.9. The minimum atomic E-state index is -0.393. The molecule has 0 aliphatic rings. The van der Waals surface area contributed by atoms with Gasteiger partial charge >= 0.3 is 0 Å². The predicted octanol–water partition coefficient (Wildman–Crippen LogP) is 2.79. The molecule has 0 atom stereocenters. The number of anilines is 1. The van der Waals surface area contributed by atoms with Crippen LogP contribution in [0.1, 0.15) is 39.2 Å². The largest absolute Gasteiger partial charge is 0.361 e. The molecule has 0 aromatic heterocycles. The zero-order chi connectivity index (χ0) is 18.2. The normalized spacial score (nSPS) is 10.8.